The van der Waals surface area contributed by atoms with E-state index in [0.717, 1.165) is 32.7 Å². The van der Waals surface area contributed by atoms with Crippen LogP contribution in [0.15, 0.2) is 0 Å². The van der Waals surface area contributed by atoms with Gasteiger partial charge >= 0.3 is 0 Å². The van der Waals surface area contributed by atoms with E-state index >= 15 is 0 Å². The van der Waals surface area contributed by atoms with Gasteiger partial charge in [0.25, 0.3) is 0 Å². The molecule has 0 heterocycles. The molecule has 0 aliphatic rings. The zero-order valence-electron chi connectivity index (χ0n) is 8.67. The number of rotatable bonds is 10. The standard InChI is InChI=1S/C9H21NO3/c1-11-7-5-10-4-3-6-13-9-8-12-2/h10H,3-9H2,1-2H3. The van der Waals surface area contributed by atoms with Crippen molar-refractivity contribution in [2.24, 2.45) is 0 Å². The molecule has 0 aromatic carbocycles. The molecule has 0 aliphatic heterocycles. The molecule has 0 rings (SSSR count). The number of methoxy groups -OCH3 is 2. The Hall–Kier alpha value is -0.160. The normalized spacial score (nSPS) is 10.6. The van der Waals surface area contributed by atoms with Crippen LogP contribution >= 0.6 is 0 Å². The first kappa shape index (κ1) is 12.8. The Kier molecular flexibility index (Phi) is 11.7. The van der Waals surface area contributed by atoms with E-state index in [1.165, 1.54) is 0 Å². The molecule has 0 aromatic rings. The van der Waals surface area contributed by atoms with Gasteiger partial charge in [-0.3, -0.25) is 0 Å². The Bertz CT molecular complexity index is 80.9. The highest BCUT2D eigenvalue weighted by molar-refractivity contribution is 4.45. The van der Waals surface area contributed by atoms with Crippen molar-refractivity contribution in [2.45, 2.75) is 6.42 Å². The van der Waals surface area contributed by atoms with Crippen LogP contribution in [-0.4, -0.2) is 53.7 Å². The Balaban J connectivity index is 2.76. The van der Waals surface area contributed by atoms with Gasteiger partial charge in [-0.15, -0.1) is 0 Å². The third-order valence-corrected chi connectivity index (χ3v) is 1.56. The fourth-order valence-electron chi connectivity index (χ4n) is 0.843. The zero-order valence-corrected chi connectivity index (χ0v) is 8.67. The van der Waals surface area contributed by atoms with Gasteiger partial charge in [0.15, 0.2) is 0 Å². The number of hydrogen-bond donors (Lipinski definition) is 1. The minimum atomic E-state index is 0.678. The molecule has 0 radical (unpaired) electrons. The monoisotopic (exact) mass is 191 g/mol. The summed E-state index contributed by atoms with van der Waals surface area (Å²) in [7, 11) is 3.38. The van der Waals surface area contributed by atoms with Crippen LogP contribution in [0.1, 0.15) is 6.42 Å². The lowest BCUT2D eigenvalue weighted by Crippen LogP contribution is -2.21. The second-order valence-corrected chi connectivity index (χ2v) is 2.70. The third-order valence-electron chi connectivity index (χ3n) is 1.56. The van der Waals surface area contributed by atoms with Gasteiger partial charge in [-0.05, 0) is 13.0 Å². The van der Waals surface area contributed by atoms with E-state index < -0.39 is 0 Å². The predicted molar refractivity (Wildman–Crippen MR) is 52.1 cm³/mol. The second kappa shape index (κ2) is 11.8. The summed E-state index contributed by atoms with van der Waals surface area (Å²) >= 11 is 0. The summed E-state index contributed by atoms with van der Waals surface area (Å²) in [6.07, 6.45) is 1.04. The highest BCUT2D eigenvalue weighted by atomic mass is 16.5. The molecule has 0 unspecified atom stereocenters. The lowest BCUT2D eigenvalue weighted by atomic mass is 10.4. The number of ether oxygens (including phenoxy) is 3. The van der Waals surface area contributed by atoms with Crippen molar-refractivity contribution < 1.29 is 14.2 Å². The molecule has 0 saturated carbocycles. The van der Waals surface area contributed by atoms with Gasteiger partial charge in [-0.2, -0.15) is 0 Å². The first-order chi connectivity index (χ1) is 6.41. The molecule has 0 fully saturated rings. The molecule has 0 spiro atoms. The van der Waals surface area contributed by atoms with Gasteiger partial charge in [0, 0.05) is 27.4 Å². The molecule has 0 aliphatic carbocycles. The average molecular weight is 191 g/mol. The van der Waals surface area contributed by atoms with Crippen molar-refractivity contribution in [1.29, 1.82) is 0 Å². The summed E-state index contributed by atoms with van der Waals surface area (Å²) in [5.74, 6) is 0. The molecule has 4 heteroatoms. The minimum Gasteiger partial charge on any atom is -0.383 e. The molecule has 0 saturated heterocycles. The van der Waals surface area contributed by atoms with Crippen molar-refractivity contribution in [2.75, 3.05) is 53.7 Å². The van der Waals surface area contributed by atoms with E-state index in [1.54, 1.807) is 14.2 Å². The largest absolute Gasteiger partial charge is 0.383 e. The minimum absolute atomic E-state index is 0.678. The Morgan fingerprint density at radius 2 is 1.62 bits per heavy atom. The highest BCUT2D eigenvalue weighted by Gasteiger charge is 1.89. The van der Waals surface area contributed by atoms with Crippen LogP contribution in [0.25, 0.3) is 0 Å². The van der Waals surface area contributed by atoms with E-state index in [1.807, 2.05) is 0 Å². The molecule has 80 valence electrons. The van der Waals surface area contributed by atoms with Crippen LogP contribution in [0.3, 0.4) is 0 Å². The topological polar surface area (TPSA) is 39.7 Å². The molecular formula is C9H21NO3. The molecule has 1 N–H and O–H groups in total. The molecule has 0 amide bonds. The SMILES string of the molecule is COCCNCCCOCCOC. The smallest absolute Gasteiger partial charge is 0.0700 e. The Morgan fingerprint density at radius 1 is 0.846 bits per heavy atom. The zero-order chi connectivity index (χ0) is 9.78. The van der Waals surface area contributed by atoms with Crippen LogP contribution in [0.5, 0.6) is 0 Å². The second-order valence-electron chi connectivity index (χ2n) is 2.70. The first-order valence-corrected chi connectivity index (χ1v) is 4.68. The lowest BCUT2D eigenvalue weighted by molar-refractivity contribution is 0.0693. The van der Waals surface area contributed by atoms with Crippen molar-refractivity contribution >= 4 is 0 Å². The van der Waals surface area contributed by atoms with E-state index in [9.17, 15) is 0 Å². The van der Waals surface area contributed by atoms with Gasteiger partial charge in [0.1, 0.15) is 0 Å². The summed E-state index contributed by atoms with van der Waals surface area (Å²) in [6, 6.07) is 0. The summed E-state index contributed by atoms with van der Waals surface area (Å²) in [5, 5.41) is 3.24. The van der Waals surface area contributed by atoms with Crippen LogP contribution in [0.4, 0.5) is 0 Å². The quantitative estimate of drug-likeness (QED) is 0.503. The maximum atomic E-state index is 5.28. The van der Waals surface area contributed by atoms with E-state index in [0.29, 0.717) is 13.2 Å². The molecule has 13 heavy (non-hydrogen) atoms. The molecule has 4 nitrogen and oxygen atoms in total. The fraction of sp³-hybridized carbons (Fsp3) is 1.00. The lowest BCUT2D eigenvalue weighted by Gasteiger charge is -2.04. The van der Waals surface area contributed by atoms with Crippen molar-refractivity contribution in [3.05, 3.63) is 0 Å². The summed E-state index contributed by atoms with van der Waals surface area (Å²) in [6.45, 7) is 4.82. The predicted octanol–water partition coefficient (Wildman–Crippen LogP) is 0.275. The van der Waals surface area contributed by atoms with Crippen LogP contribution in [0, 0.1) is 0 Å². The Morgan fingerprint density at radius 3 is 2.31 bits per heavy atom. The molecular weight excluding hydrogens is 170 g/mol. The summed E-state index contributed by atoms with van der Waals surface area (Å²) < 4.78 is 15.0. The molecule has 0 aromatic heterocycles. The maximum Gasteiger partial charge on any atom is 0.0700 e. The van der Waals surface area contributed by atoms with Crippen LogP contribution < -0.4 is 5.32 Å². The van der Waals surface area contributed by atoms with Gasteiger partial charge in [0.05, 0.1) is 19.8 Å². The average Bonchev–Trinajstić information content (AvgIpc) is 2.16. The van der Waals surface area contributed by atoms with Gasteiger partial charge in [-0.1, -0.05) is 0 Å². The highest BCUT2D eigenvalue weighted by Crippen LogP contribution is 1.81. The van der Waals surface area contributed by atoms with E-state index in [-0.39, 0.29) is 0 Å². The van der Waals surface area contributed by atoms with Crippen LogP contribution in [0.2, 0.25) is 0 Å². The Labute approximate surface area is 80.5 Å². The number of nitrogens with one attached hydrogen (secondary N) is 1. The maximum absolute atomic E-state index is 5.28. The van der Waals surface area contributed by atoms with Gasteiger partial charge in [-0.25, -0.2) is 0 Å². The van der Waals surface area contributed by atoms with E-state index in [4.69, 9.17) is 14.2 Å². The van der Waals surface area contributed by atoms with Gasteiger partial charge in [0.2, 0.25) is 0 Å². The number of hydrogen-bond acceptors (Lipinski definition) is 4. The third kappa shape index (κ3) is 11.8. The van der Waals surface area contributed by atoms with Crippen LogP contribution in [-0.2, 0) is 14.2 Å². The van der Waals surface area contributed by atoms with Crippen molar-refractivity contribution in [1.82, 2.24) is 5.32 Å². The fourth-order valence-corrected chi connectivity index (χ4v) is 0.843. The van der Waals surface area contributed by atoms with Gasteiger partial charge < -0.3 is 19.5 Å². The van der Waals surface area contributed by atoms with Crippen molar-refractivity contribution in [3.63, 3.8) is 0 Å². The summed E-state index contributed by atoms with van der Waals surface area (Å²) in [4.78, 5) is 0. The summed E-state index contributed by atoms with van der Waals surface area (Å²) in [5.41, 5.74) is 0. The molecule has 0 bridgehead atoms. The van der Waals surface area contributed by atoms with Crippen molar-refractivity contribution in [3.8, 4) is 0 Å². The van der Waals surface area contributed by atoms with E-state index in [2.05, 4.69) is 5.32 Å². The first-order valence-electron chi connectivity index (χ1n) is 4.68. The molecule has 0 atom stereocenters.